The average molecular weight is 255 g/mol. The zero-order valence-electron chi connectivity index (χ0n) is 11.4. The highest BCUT2D eigenvalue weighted by Gasteiger charge is 2.32. The van der Waals surface area contributed by atoms with Crippen LogP contribution in [0.1, 0.15) is 26.7 Å². The normalized spacial score (nSPS) is 30.6. The van der Waals surface area contributed by atoms with Crippen LogP contribution in [0.25, 0.3) is 0 Å². The largest absolute Gasteiger partial charge is 0.378 e. The summed E-state index contributed by atoms with van der Waals surface area (Å²) < 4.78 is 5.50. The van der Waals surface area contributed by atoms with Crippen LogP contribution in [0.2, 0.25) is 0 Å². The van der Waals surface area contributed by atoms with E-state index in [1.807, 2.05) is 13.8 Å². The number of nitrogens with one attached hydrogen (secondary N) is 2. The van der Waals surface area contributed by atoms with E-state index in [0.717, 1.165) is 45.6 Å². The van der Waals surface area contributed by atoms with Gasteiger partial charge in [0.05, 0.1) is 12.1 Å². The molecule has 2 N–H and O–H groups in total. The number of carbonyl (C=O) groups is 1. The molecule has 1 amide bonds. The molecule has 0 aromatic heterocycles. The molecule has 0 aromatic carbocycles. The van der Waals surface area contributed by atoms with Crippen LogP contribution in [0.5, 0.6) is 0 Å². The van der Waals surface area contributed by atoms with Crippen LogP contribution < -0.4 is 10.6 Å². The maximum Gasteiger partial charge on any atom is 0.237 e. The van der Waals surface area contributed by atoms with Crippen LogP contribution in [-0.4, -0.2) is 61.8 Å². The van der Waals surface area contributed by atoms with Crippen molar-refractivity contribution in [1.82, 2.24) is 15.5 Å². The monoisotopic (exact) mass is 255 g/mol. The van der Waals surface area contributed by atoms with E-state index >= 15 is 0 Å². The average Bonchev–Trinajstić information content (AvgIpc) is 2.36. The molecule has 1 saturated carbocycles. The van der Waals surface area contributed by atoms with Gasteiger partial charge < -0.3 is 15.4 Å². The van der Waals surface area contributed by atoms with E-state index < -0.39 is 0 Å². The number of carbonyl (C=O) groups excluding carboxylic acids is 1. The number of ether oxygens (including phenoxy) is 1. The minimum Gasteiger partial charge on any atom is -0.378 e. The molecule has 1 saturated heterocycles. The zero-order valence-corrected chi connectivity index (χ0v) is 11.4. The summed E-state index contributed by atoms with van der Waals surface area (Å²) in [4.78, 5) is 14.3. The third kappa shape index (κ3) is 3.43. The number of nitrogens with zero attached hydrogens (tertiary/aromatic N) is 1. The van der Waals surface area contributed by atoms with Gasteiger partial charge >= 0.3 is 0 Å². The van der Waals surface area contributed by atoms with Crippen molar-refractivity contribution in [3.63, 3.8) is 0 Å². The predicted molar refractivity (Wildman–Crippen MR) is 70.5 cm³/mol. The van der Waals surface area contributed by atoms with Crippen LogP contribution in [-0.2, 0) is 9.53 Å². The van der Waals surface area contributed by atoms with Gasteiger partial charge in [-0.15, -0.1) is 0 Å². The van der Waals surface area contributed by atoms with Crippen molar-refractivity contribution in [1.29, 1.82) is 0 Å². The number of piperazine rings is 1. The number of rotatable bonds is 5. The summed E-state index contributed by atoms with van der Waals surface area (Å²) in [5.74, 6) is 0.164. The van der Waals surface area contributed by atoms with E-state index in [2.05, 4.69) is 15.5 Å². The van der Waals surface area contributed by atoms with Crippen molar-refractivity contribution in [3.05, 3.63) is 0 Å². The third-order valence-corrected chi connectivity index (χ3v) is 3.92. The molecule has 18 heavy (non-hydrogen) atoms. The molecule has 1 heterocycles. The Labute approximate surface area is 109 Å². The van der Waals surface area contributed by atoms with Crippen LogP contribution in [0.15, 0.2) is 0 Å². The van der Waals surface area contributed by atoms with Gasteiger partial charge in [-0.25, -0.2) is 0 Å². The van der Waals surface area contributed by atoms with Gasteiger partial charge in [0, 0.05) is 38.8 Å². The fourth-order valence-electron chi connectivity index (χ4n) is 2.61. The summed E-state index contributed by atoms with van der Waals surface area (Å²) in [7, 11) is 0. The van der Waals surface area contributed by atoms with Gasteiger partial charge in [-0.2, -0.15) is 0 Å². The molecule has 5 nitrogen and oxygen atoms in total. The lowest BCUT2D eigenvalue weighted by Crippen LogP contribution is -2.56. The Balaban J connectivity index is 1.68. The molecule has 1 atom stereocenters. The minimum absolute atomic E-state index is 0.0155. The van der Waals surface area contributed by atoms with Crippen molar-refractivity contribution < 1.29 is 9.53 Å². The van der Waals surface area contributed by atoms with Crippen molar-refractivity contribution in [3.8, 4) is 0 Å². The standard InChI is InChI=1S/C13H25N3O2/c1-3-18-12-8-11(9-12)15-13(17)10(2)16-6-4-14-5-7-16/h10-12,14H,3-9H2,1-2H3,(H,15,17). The van der Waals surface area contributed by atoms with E-state index in [0.29, 0.717) is 12.1 Å². The Bertz CT molecular complexity index is 273. The quantitative estimate of drug-likeness (QED) is 0.724. The second-order valence-corrected chi connectivity index (χ2v) is 5.22. The molecule has 2 rings (SSSR count). The van der Waals surface area contributed by atoms with E-state index in [9.17, 15) is 4.79 Å². The molecule has 0 bridgehead atoms. The molecule has 5 heteroatoms. The highest BCUT2D eigenvalue weighted by Crippen LogP contribution is 2.23. The molecule has 0 radical (unpaired) electrons. The number of amides is 1. The Hall–Kier alpha value is -0.650. The van der Waals surface area contributed by atoms with Crippen molar-refractivity contribution in [2.75, 3.05) is 32.8 Å². The Morgan fingerprint density at radius 1 is 1.44 bits per heavy atom. The first-order valence-corrected chi connectivity index (χ1v) is 7.07. The number of hydrogen-bond donors (Lipinski definition) is 2. The van der Waals surface area contributed by atoms with E-state index in [-0.39, 0.29) is 11.9 Å². The molecule has 1 aliphatic heterocycles. The Morgan fingerprint density at radius 3 is 2.72 bits per heavy atom. The summed E-state index contributed by atoms with van der Waals surface area (Å²) in [5, 5.41) is 6.42. The lowest BCUT2D eigenvalue weighted by atomic mass is 9.89. The SMILES string of the molecule is CCOC1CC(NC(=O)C(C)N2CCNCC2)C1. The van der Waals surface area contributed by atoms with Gasteiger partial charge in [0.25, 0.3) is 0 Å². The van der Waals surface area contributed by atoms with Crippen molar-refractivity contribution in [2.45, 2.75) is 44.9 Å². The summed E-state index contributed by atoms with van der Waals surface area (Å²) in [6.07, 6.45) is 2.29. The second-order valence-electron chi connectivity index (χ2n) is 5.22. The van der Waals surface area contributed by atoms with Crippen LogP contribution in [0.4, 0.5) is 0 Å². The molecule has 2 fully saturated rings. The van der Waals surface area contributed by atoms with E-state index in [1.165, 1.54) is 0 Å². The molecular weight excluding hydrogens is 230 g/mol. The second kappa shape index (κ2) is 6.50. The van der Waals surface area contributed by atoms with Crippen molar-refractivity contribution >= 4 is 5.91 Å². The molecular formula is C13H25N3O2. The lowest BCUT2D eigenvalue weighted by Gasteiger charge is -2.38. The summed E-state index contributed by atoms with van der Waals surface area (Å²) in [5.41, 5.74) is 0. The Morgan fingerprint density at radius 2 is 2.11 bits per heavy atom. The first-order chi connectivity index (χ1) is 8.70. The van der Waals surface area contributed by atoms with E-state index in [1.54, 1.807) is 0 Å². The summed E-state index contributed by atoms with van der Waals surface area (Å²) in [6, 6.07) is 0.303. The molecule has 1 unspecified atom stereocenters. The topological polar surface area (TPSA) is 53.6 Å². The van der Waals surface area contributed by atoms with Gasteiger partial charge in [0.15, 0.2) is 0 Å². The summed E-state index contributed by atoms with van der Waals surface area (Å²) >= 11 is 0. The maximum absolute atomic E-state index is 12.1. The first kappa shape index (κ1) is 13.8. The molecule has 2 aliphatic rings. The number of hydrogen-bond acceptors (Lipinski definition) is 4. The molecule has 0 spiro atoms. The van der Waals surface area contributed by atoms with Gasteiger partial charge in [-0.3, -0.25) is 9.69 Å². The molecule has 0 aromatic rings. The van der Waals surface area contributed by atoms with Gasteiger partial charge in [-0.1, -0.05) is 0 Å². The van der Waals surface area contributed by atoms with Crippen LogP contribution in [0, 0.1) is 0 Å². The van der Waals surface area contributed by atoms with Crippen molar-refractivity contribution in [2.24, 2.45) is 0 Å². The maximum atomic E-state index is 12.1. The molecule has 104 valence electrons. The minimum atomic E-state index is -0.0155. The summed E-state index contributed by atoms with van der Waals surface area (Å²) in [6.45, 7) is 8.66. The Kier molecular flexibility index (Phi) is 4.97. The highest BCUT2D eigenvalue weighted by atomic mass is 16.5. The first-order valence-electron chi connectivity index (χ1n) is 7.07. The van der Waals surface area contributed by atoms with Crippen LogP contribution in [0.3, 0.4) is 0 Å². The predicted octanol–water partition coefficient (Wildman–Crippen LogP) is -0.0362. The molecule has 1 aliphatic carbocycles. The fraction of sp³-hybridized carbons (Fsp3) is 0.923. The van der Waals surface area contributed by atoms with Gasteiger partial charge in [0.2, 0.25) is 5.91 Å². The highest BCUT2D eigenvalue weighted by molar-refractivity contribution is 5.81. The lowest BCUT2D eigenvalue weighted by molar-refractivity contribution is -0.128. The van der Waals surface area contributed by atoms with Gasteiger partial charge in [-0.05, 0) is 26.7 Å². The van der Waals surface area contributed by atoms with Crippen LogP contribution >= 0.6 is 0 Å². The fourth-order valence-corrected chi connectivity index (χ4v) is 2.61. The third-order valence-electron chi connectivity index (χ3n) is 3.92. The zero-order chi connectivity index (χ0) is 13.0. The van der Waals surface area contributed by atoms with Gasteiger partial charge in [0.1, 0.15) is 0 Å². The smallest absolute Gasteiger partial charge is 0.237 e. The van der Waals surface area contributed by atoms with E-state index in [4.69, 9.17) is 4.74 Å².